The molecule has 7 nitrogen and oxygen atoms in total. The Kier molecular flexibility index (Phi) is 46.4. The first-order chi connectivity index (χ1) is 21.0. The zero-order valence-electron chi connectivity index (χ0n) is 28.3. The molecule has 0 radical (unpaired) electrons. The summed E-state index contributed by atoms with van der Waals surface area (Å²) in [5, 5.41) is 19.0. The van der Waals surface area contributed by atoms with Crippen LogP contribution in [0.15, 0.2) is 102 Å². The highest BCUT2D eigenvalue weighted by Gasteiger charge is 2.08. The van der Waals surface area contributed by atoms with E-state index in [9.17, 15) is 4.79 Å². The smallest absolute Gasteiger partial charge is 0.168 e. The van der Waals surface area contributed by atoms with Crippen LogP contribution in [-0.4, -0.2) is 31.9 Å². The van der Waals surface area contributed by atoms with Crippen LogP contribution >= 0.6 is 12.4 Å². The number of pyridine rings is 2. The average molecular weight is 659 g/mol. The third-order valence-electron chi connectivity index (χ3n) is 4.95. The fourth-order valence-corrected chi connectivity index (χ4v) is 3.28. The summed E-state index contributed by atoms with van der Waals surface area (Å²) in [4.78, 5) is 20.3. The van der Waals surface area contributed by atoms with Gasteiger partial charge in [-0.1, -0.05) is 141 Å². The molecule has 260 valence electrons. The number of hydrogen-bond acceptors (Lipinski definition) is 7. The van der Waals surface area contributed by atoms with E-state index < -0.39 is 0 Å². The minimum Gasteiger partial charge on any atom is -0.411 e. The first-order valence-electron chi connectivity index (χ1n) is 15.0. The van der Waals surface area contributed by atoms with E-state index in [1.165, 1.54) is 0 Å². The van der Waals surface area contributed by atoms with Gasteiger partial charge in [-0.25, -0.2) is 5.90 Å². The fraction of sp³-hybridized carbons (Fsp3) is 0.368. The van der Waals surface area contributed by atoms with Crippen LogP contribution < -0.4 is 5.90 Å². The number of halogens is 1. The molecule has 2 aromatic heterocycles. The molecule has 2 aromatic carbocycles. The molecule has 4 N–H and O–H groups in total. The summed E-state index contributed by atoms with van der Waals surface area (Å²) in [6.45, 7) is 20.0. The monoisotopic (exact) mass is 658 g/mol. The molecule has 4 rings (SSSR count). The first kappa shape index (κ1) is 54.6. The van der Waals surface area contributed by atoms with Crippen LogP contribution in [-0.2, 0) is 12.8 Å². The van der Waals surface area contributed by atoms with Gasteiger partial charge >= 0.3 is 0 Å². The summed E-state index contributed by atoms with van der Waals surface area (Å²) in [7, 11) is 0. The van der Waals surface area contributed by atoms with Gasteiger partial charge in [0, 0.05) is 35.8 Å². The molecule has 0 saturated heterocycles. The van der Waals surface area contributed by atoms with Crippen molar-refractivity contribution in [3.63, 3.8) is 0 Å². The third-order valence-corrected chi connectivity index (χ3v) is 4.95. The van der Waals surface area contributed by atoms with E-state index in [-0.39, 0.29) is 33.0 Å². The topological polar surface area (TPSA) is 122 Å². The number of hydrogen-bond donors (Lipinski definition) is 3. The largest absolute Gasteiger partial charge is 0.411 e. The number of nitrogens with two attached hydrogens (primary N) is 1. The standard InChI is InChI=1S/C14H14N2O.C14H13NO.4C2H6.2CH4.ClH.H3NO/c1-11-5-4-6-12(9-11)14(16-17)10-13-7-2-3-8-15-13;1-11-5-4-6-12(9-11)14(16)10-13-7-2-3-8-15-13;4*1-2;;;;1-2/h2-9,17H,10H2,1H3;2-9H,10H2,1H3;4*1-2H3;2*1H4;1H;2H,1H2. The number of carbonyl (C=O) groups excluding carboxylic acids is 1. The van der Waals surface area contributed by atoms with Gasteiger partial charge in [-0.15, -0.1) is 12.4 Å². The third kappa shape index (κ3) is 24.4. The first-order valence-corrected chi connectivity index (χ1v) is 15.0. The van der Waals surface area contributed by atoms with Crippen molar-refractivity contribution < 1.29 is 15.2 Å². The van der Waals surface area contributed by atoms with Crippen molar-refractivity contribution in [1.29, 1.82) is 0 Å². The van der Waals surface area contributed by atoms with Crippen LogP contribution in [0.2, 0.25) is 0 Å². The van der Waals surface area contributed by atoms with Gasteiger partial charge in [0.25, 0.3) is 0 Å². The Labute approximate surface area is 287 Å². The summed E-state index contributed by atoms with van der Waals surface area (Å²) in [6.07, 6.45) is 4.34. The zero-order chi connectivity index (χ0) is 33.5. The summed E-state index contributed by atoms with van der Waals surface area (Å²) < 4.78 is 0. The van der Waals surface area contributed by atoms with Gasteiger partial charge in [0.15, 0.2) is 5.78 Å². The summed E-state index contributed by atoms with van der Waals surface area (Å²) in [6, 6.07) is 26.9. The highest BCUT2D eigenvalue weighted by molar-refractivity contribution is 6.01. The maximum Gasteiger partial charge on any atom is 0.168 e. The van der Waals surface area contributed by atoms with Crippen LogP contribution in [0.3, 0.4) is 0 Å². The van der Waals surface area contributed by atoms with Gasteiger partial charge in [-0.05, 0) is 49.7 Å². The molecule has 0 saturated carbocycles. The Morgan fingerprint density at radius 2 is 1.02 bits per heavy atom. The predicted molar refractivity (Wildman–Crippen MR) is 203 cm³/mol. The van der Waals surface area contributed by atoms with Crippen molar-refractivity contribution in [3.05, 3.63) is 131 Å². The molecule has 8 heteroatoms. The normalized spacial score (nSPS) is 8.39. The van der Waals surface area contributed by atoms with Crippen LogP contribution in [0.4, 0.5) is 0 Å². The highest BCUT2D eigenvalue weighted by Crippen LogP contribution is 2.10. The summed E-state index contributed by atoms with van der Waals surface area (Å²) in [5.41, 5.74) is 6.27. The molecule has 0 bridgehead atoms. The zero-order valence-corrected chi connectivity index (χ0v) is 29.1. The van der Waals surface area contributed by atoms with Crippen molar-refractivity contribution in [3.8, 4) is 0 Å². The van der Waals surface area contributed by atoms with Gasteiger partial charge in [-0.2, -0.15) is 0 Å². The minimum absolute atomic E-state index is 0. The number of Topliss-reactive ketones (excluding diaryl/α,β-unsaturated/α-hetero) is 1. The molecule has 0 spiro atoms. The number of aromatic nitrogens is 2. The molecule has 0 aliphatic heterocycles. The lowest BCUT2D eigenvalue weighted by Gasteiger charge is -2.05. The second-order valence-corrected chi connectivity index (χ2v) is 7.70. The van der Waals surface area contributed by atoms with E-state index >= 15 is 0 Å². The van der Waals surface area contributed by atoms with Gasteiger partial charge in [-0.3, -0.25) is 14.8 Å². The van der Waals surface area contributed by atoms with Gasteiger partial charge in [0.2, 0.25) is 0 Å². The van der Waals surface area contributed by atoms with Gasteiger partial charge in [0.1, 0.15) is 0 Å². The Morgan fingerprint density at radius 3 is 1.39 bits per heavy atom. The highest BCUT2D eigenvalue weighted by atomic mass is 35.5. The van der Waals surface area contributed by atoms with Crippen molar-refractivity contribution in [2.75, 3.05) is 0 Å². The number of nitrogens with zero attached hydrogens (tertiary/aromatic N) is 3. The molecular weight excluding hydrogens is 596 g/mol. The Morgan fingerprint density at radius 1 is 0.630 bits per heavy atom. The molecule has 4 aromatic rings. The molecule has 0 atom stereocenters. The van der Waals surface area contributed by atoms with Crippen molar-refractivity contribution in [2.24, 2.45) is 11.1 Å². The SMILES string of the molecule is C.C.CC.CC.CC.CC.Cc1cccc(C(=O)Cc2ccccn2)c1.Cc1cccc(C(Cc2ccccn2)=NO)c1.Cl.NO. The van der Waals surface area contributed by atoms with Crippen molar-refractivity contribution >= 4 is 23.9 Å². The Balaban J connectivity index is -0.000000130. The van der Waals surface area contributed by atoms with E-state index in [0.29, 0.717) is 18.6 Å². The Bertz CT molecular complexity index is 1220. The number of rotatable bonds is 6. The maximum atomic E-state index is 11.9. The number of benzene rings is 2. The predicted octanol–water partition coefficient (Wildman–Crippen LogP) is 10.8. The second kappa shape index (κ2) is 39.1. The molecule has 0 amide bonds. The van der Waals surface area contributed by atoms with Crippen LogP contribution in [0.5, 0.6) is 0 Å². The van der Waals surface area contributed by atoms with Crippen molar-refractivity contribution in [1.82, 2.24) is 9.97 Å². The molecule has 0 aliphatic rings. The summed E-state index contributed by atoms with van der Waals surface area (Å²) in [5.74, 6) is 3.61. The number of ketones is 1. The average Bonchev–Trinajstić information content (AvgIpc) is 3.09. The number of aryl methyl sites for hydroxylation is 2. The fourth-order valence-electron chi connectivity index (χ4n) is 3.28. The van der Waals surface area contributed by atoms with Gasteiger partial charge < -0.3 is 10.4 Å². The van der Waals surface area contributed by atoms with E-state index in [2.05, 4.69) is 21.0 Å². The van der Waals surface area contributed by atoms with E-state index in [1.54, 1.807) is 12.4 Å². The quantitative estimate of drug-likeness (QED) is 0.0820. The molecule has 46 heavy (non-hydrogen) atoms. The van der Waals surface area contributed by atoms with E-state index in [0.717, 1.165) is 33.6 Å². The van der Waals surface area contributed by atoms with E-state index in [1.807, 2.05) is 154 Å². The Hall–Kier alpha value is -3.91. The molecule has 0 aliphatic carbocycles. The molecule has 0 unspecified atom stereocenters. The lowest BCUT2D eigenvalue weighted by Crippen LogP contribution is -2.06. The number of oxime groups is 1. The van der Waals surface area contributed by atoms with Crippen LogP contribution in [0, 0.1) is 13.8 Å². The minimum atomic E-state index is 0. The van der Waals surface area contributed by atoms with Crippen LogP contribution in [0.1, 0.15) is 109 Å². The number of carbonyl (C=O) groups is 1. The molecule has 2 heterocycles. The molecule has 0 fully saturated rings. The van der Waals surface area contributed by atoms with Crippen LogP contribution in [0.25, 0.3) is 0 Å². The second-order valence-electron chi connectivity index (χ2n) is 7.70. The lowest BCUT2D eigenvalue weighted by molar-refractivity contribution is 0.0992. The maximum absolute atomic E-state index is 11.9. The molecular formula is C38H63ClN4O3. The van der Waals surface area contributed by atoms with Gasteiger partial charge in [0.05, 0.1) is 12.1 Å². The lowest BCUT2D eigenvalue weighted by atomic mass is 10.0. The van der Waals surface area contributed by atoms with Crippen molar-refractivity contribution in [2.45, 2.75) is 96.9 Å². The van der Waals surface area contributed by atoms with E-state index in [4.69, 9.17) is 10.4 Å². The summed E-state index contributed by atoms with van der Waals surface area (Å²) >= 11 is 0.